The summed E-state index contributed by atoms with van der Waals surface area (Å²) in [6, 6.07) is 1.32. The fourth-order valence-corrected chi connectivity index (χ4v) is 1.63. The SMILES string of the molecule is O=C(O)C(F)(F)Cc1cc(F)c(F)cc1I. The lowest BCUT2D eigenvalue weighted by Crippen LogP contribution is -2.31. The molecule has 0 heterocycles. The van der Waals surface area contributed by atoms with Crippen molar-refractivity contribution in [3.63, 3.8) is 0 Å². The van der Waals surface area contributed by atoms with Crippen molar-refractivity contribution in [1.29, 1.82) is 0 Å². The van der Waals surface area contributed by atoms with Crippen molar-refractivity contribution in [2.45, 2.75) is 12.3 Å². The minimum atomic E-state index is -4.00. The normalized spacial score (nSPS) is 11.6. The molecule has 1 aromatic carbocycles. The van der Waals surface area contributed by atoms with Gasteiger partial charge in [0.25, 0.3) is 0 Å². The van der Waals surface area contributed by atoms with Gasteiger partial charge in [0, 0.05) is 9.99 Å². The summed E-state index contributed by atoms with van der Waals surface area (Å²) in [5.41, 5.74) is -0.244. The number of alkyl halides is 2. The smallest absolute Gasteiger partial charge is 0.374 e. The van der Waals surface area contributed by atoms with Crippen molar-refractivity contribution in [2.75, 3.05) is 0 Å². The molecular formula is C9H5F4IO2. The maximum absolute atomic E-state index is 12.8. The molecule has 7 heteroatoms. The first-order chi connectivity index (χ1) is 7.24. The van der Waals surface area contributed by atoms with Crippen LogP contribution in [0.4, 0.5) is 17.6 Å². The van der Waals surface area contributed by atoms with Crippen LogP contribution in [0.5, 0.6) is 0 Å². The Kier molecular flexibility index (Phi) is 3.76. The monoisotopic (exact) mass is 348 g/mol. The number of carboxylic acid groups (broad SMARTS) is 1. The summed E-state index contributed by atoms with van der Waals surface area (Å²) in [5.74, 6) is -8.74. The third-order valence-electron chi connectivity index (χ3n) is 1.81. The van der Waals surface area contributed by atoms with Gasteiger partial charge in [-0.3, -0.25) is 0 Å². The molecule has 0 saturated carbocycles. The lowest BCUT2D eigenvalue weighted by molar-refractivity contribution is -0.164. The van der Waals surface area contributed by atoms with Crippen molar-refractivity contribution in [3.8, 4) is 0 Å². The van der Waals surface area contributed by atoms with E-state index in [0.29, 0.717) is 6.07 Å². The van der Waals surface area contributed by atoms with E-state index in [9.17, 15) is 22.4 Å². The Morgan fingerprint density at radius 2 is 1.81 bits per heavy atom. The van der Waals surface area contributed by atoms with Gasteiger partial charge in [-0.25, -0.2) is 13.6 Å². The van der Waals surface area contributed by atoms with Crippen molar-refractivity contribution in [2.24, 2.45) is 0 Å². The average Bonchev–Trinajstić information content (AvgIpc) is 2.13. The van der Waals surface area contributed by atoms with Crippen molar-refractivity contribution in [1.82, 2.24) is 0 Å². The number of carboxylic acids is 1. The zero-order valence-corrected chi connectivity index (χ0v) is 9.76. The Morgan fingerprint density at radius 1 is 1.31 bits per heavy atom. The number of benzene rings is 1. The van der Waals surface area contributed by atoms with E-state index < -0.39 is 29.9 Å². The molecule has 0 fully saturated rings. The van der Waals surface area contributed by atoms with Gasteiger partial charge in [0.05, 0.1) is 0 Å². The summed E-state index contributed by atoms with van der Waals surface area (Å²) in [6.07, 6.45) is -1.17. The second kappa shape index (κ2) is 4.56. The van der Waals surface area contributed by atoms with Crippen LogP contribution >= 0.6 is 22.6 Å². The molecule has 0 aromatic heterocycles. The third kappa shape index (κ3) is 2.83. The third-order valence-corrected chi connectivity index (χ3v) is 2.82. The van der Waals surface area contributed by atoms with Crippen LogP contribution in [0.3, 0.4) is 0 Å². The Hall–Kier alpha value is -0.860. The molecule has 0 amide bonds. The second-order valence-electron chi connectivity index (χ2n) is 3.04. The highest BCUT2D eigenvalue weighted by Gasteiger charge is 2.39. The summed E-state index contributed by atoms with van der Waals surface area (Å²) in [7, 11) is 0. The van der Waals surface area contributed by atoms with Crippen molar-refractivity contribution < 1.29 is 27.5 Å². The molecule has 16 heavy (non-hydrogen) atoms. The Labute approximate surface area is 101 Å². The van der Waals surface area contributed by atoms with Crippen LogP contribution in [-0.2, 0) is 11.2 Å². The lowest BCUT2D eigenvalue weighted by atomic mass is 10.1. The van der Waals surface area contributed by atoms with Gasteiger partial charge in [0.15, 0.2) is 11.6 Å². The number of carbonyl (C=O) groups is 1. The van der Waals surface area contributed by atoms with Gasteiger partial charge in [-0.05, 0) is 40.3 Å². The fourth-order valence-electron chi connectivity index (χ4n) is 1.01. The van der Waals surface area contributed by atoms with Crippen LogP contribution < -0.4 is 0 Å². The van der Waals surface area contributed by atoms with E-state index in [1.54, 1.807) is 0 Å². The number of aliphatic carboxylic acids is 1. The molecule has 0 atom stereocenters. The van der Waals surface area contributed by atoms with Gasteiger partial charge >= 0.3 is 11.9 Å². The molecule has 1 aromatic rings. The maximum atomic E-state index is 12.8. The molecule has 0 spiro atoms. The summed E-state index contributed by atoms with van der Waals surface area (Å²) >= 11 is 1.53. The van der Waals surface area contributed by atoms with Crippen LogP contribution in [0, 0.1) is 15.2 Å². The highest BCUT2D eigenvalue weighted by molar-refractivity contribution is 14.1. The van der Waals surface area contributed by atoms with E-state index in [4.69, 9.17) is 5.11 Å². The highest BCUT2D eigenvalue weighted by Crippen LogP contribution is 2.25. The molecule has 0 saturated heterocycles. The quantitative estimate of drug-likeness (QED) is 0.518. The first-order valence-electron chi connectivity index (χ1n) is 3.98. The molecule has 0 unspecified atom stereocenters. The molecule has 0 aliphatic heterocycles. The largest absolute Gasteiger partial charge is 0.477 e. The predicted octanol–water partition coefficient (Wildman–Crippen LogP) is 2.83. The van der Waals surface area contributed by atoms with E-state index in [2.05, 4.69) is 0 Å². The number of hydrogen-bond acceptors (Lipinski definition) is 1. The van der Waals surface area contributed by atoms with E-state index in [-0.39, 0.29) is 9.13 Å². The van der Waals surface area contributed by atoms with E-state index in [1.165, 1.54) is 22.6 Å². The van der Waals surface area contributed by atoms with Gasteiger partial charge in [-0.15, -0.1) is 0 Å². The molecule has 1 rings (SSSR count). The first kappa shape index (κ1) is 13.2. The predicted molar refractivity (Wildman–Crippen MR) is 55.4 cm³/mol. The number of hydrogen-bond donors (Lipinski definition) is 1. The minimum absolute atomic E-state index is 0.0532. The summed E-state index contributed by atoms with van der Waals surface area (Å²) in [4.78, 5) is 10.2. The van der Waals surface area contributed by atoms with Gasteiger partial charge < -0.3 is 5.11 Å². The number of halogens is 5. The van der Waals surface area contributed by atoms with Crippen molar-refractivity contribution >= 4 is 28.6 Å². The minimum Gasteiger partial charge on any atom is -0.477 e. The molecule has 2 nitrogen and oxygen atoms in total. The van der Waals surface area contributed by atoms with Gasteiger partial charge in [-0.1, -0.05) is 0 Å². The van der Waals surface area contributed by atoms with Crippen LogP contribution in [0.2, 0.25) is 0 Å². The van der Waals surface area contributed by atoms with Crippen LogP contribution in [0.1, 0.15) is 5.56 Å². The molecule has 0 bridgehead atoms. The molecule has 0 aliphatic rings. The average molecular weight is 348 g/mol. The zero-order chi connectivity index (χ0) is 12.5. The fraction of sp³-hybridized carbons (Fsp3) is 0.222. The molecule has 0 radical (unpaired) electrons. The van der Waals surface area contributed by atoms with Crippen LogP contribution in [-0.4, -0.2) is 17.0 Å². The van der Waals surface area contributed by atoms with Gasteiger partial charge in [-0.2, -0.15) is 8.78 Å². The number of rotatable bonds is 3. The van der Waals surface area contributed by atoms with Crippen LogP contribution in [0.15, 0.2) is 12.1 Å². The first-order valence-corrected chi connectivity index (χ1v) is 5.06. The van der Waals surface area contributed by atoms with Crippen molar-refractivity contribution in [3.05, 3.63) is 32.9 Å². The second-order valence-corrected chi connectivity index (χ2v) is 4.21. The standard InChI is InChI=1S/C9H5F4IO2/c10-5-1-4(7(14)2-6(5)11)3-9(12,13)8(15)16/h1-2H,3H2,(H,15,16). The van der Waals surface area contributed by atoms with E-state index >= 15 is 0 Å². The summed E-state index contributed by atoms with van der Waals surface area (Å²) < 4.78 is 51.1. The molecule has 1 N–H and O–H groups in total. The summed E-state index contributed by atoms with van der Waals surface area (Å²) in [5, 5.41) is 8.20. The Balaban J connectivity index is 3.07. The van der Waals surface area contributed by atoms with E-state index in [0.717, 1.165) is 6.07 Å². The lowest BCUT2D eigenvalue weighted by Gasteiger charge is -2.12. The topological polar surface area (TPSA) is 37.3 Å². The molecule has 88 valence electrons. The molecular weight excluding hydrogens is 343 g/mol. The maximum Gasteiger partial charge on any atom is 0.374 e. The Morgan fingerprint density at radius 3 is 2.31 bits per heavy atom. The summed E-state index contributed by atoms with van der Waals surface area (Å²) in [6.45, 7) is 0. The Bertz CT molecular complexity index is 434. The van der Waals surface area contributed by atoms with E-state index in [1.807, 2.05) is 0 Å². The zero-order valence-electron chi connectivity index (χ0n) is 7.61. The highest BCUT2D eigenvalue weighted by atomic mass is 127. The van der Waals surface area contributed by atoms with Crippen LogP contribution in [0.25, 0.3) is 0 Å². The van der Waals surface area contributed by atoms with Gasteiger partial charge in [0.2, 0.25) is 0 Å². The van der Waals surface area contributed by atoms with Gasteiger partial charge in [0.1, 0.15) is 0 Å². The molecule has 0 aliphatic carbocycles.